The van der Waals surface area contributed by atoms with E-state index in [-0.39, 0.29) is 11.5 Å². The lowest BCUT2D eigenvalue weighted by Gasteiger charge is -2.19. The molecule has 0 unspecified atom stereocenters. The molecule has 7 heteroatoms. The van der Waals surface area contributed by atoms with Crippen molar-refractivity contribution in [3.63, 3.8) is 0 Å². The second-order valence-corrected chi connectivity index (χ2v) is 6.72. The highest BCUT2D eigenvalue weighted by Crippen LogP contribution is 2.14. The normalized spacial score (nSPS) is 11.0. The number of hydrogen-bond donors (Lipinski definition) is 1. The number of rotatable bonds is 7. The van der Waals surface area contributed by atoms with Crippen molar-refractivity contribution in [3.8, 4) is 5.88 Å². The second-order valence-electron chi connectivity index (χ2n) is 6.72. The Morgan fingerprint density at radius 3 is 2.22 bits per heavy atom. The zero-order valence-electron chi connectivity index (χ0n) is 15.9. The Bertz CT molecular complexity index is 764. The number of pyridine rings is 1. The zero-order chi connectivity index (χ0) is 19.9. The summed E-state index contributed by atoms with van der Waals surface area (Å²) in [6, 6.07) is 9.68. The third-order valence-corrected chi connectivity index (χ3v) is 3.43. The summed E-state index contributed by atoms with van der Waals surface area (Å²) in [6.07, 6.45) is 1.44. The fraction of sp³-hybridized carbons (Fsp3) is 0.350. The van der Waals surface area contributed by atoms with Gasteiger partial charge in [0, 0.05) is 18.0 Å². The Kier molecular flexibility index (Phi) is 6.90. The van der Waals surface area contributed by atoms with Crippen molar-refractivity contribution >= 4 is 17.6 Å². The SMILES string of the molecule is COC(=O)c1ccc(NC(=O)c2ccc(OCCOC(C)(C)C)nc2)cc1. The van der Waals surface area contributed by atoms with E-state index < -0.39 is 5.97 Å². The number of esters is 1. The molecule has 1 heterocycles. The van der Waals surface area contributed by atoms with Crippen LogP contribution in [0.1, 0.15) is 41.5 Å². The Morgan fingerprint density at radius 1 is 1.00 bits per heavy atom. The maximum atomic E-state index is 12.3. The first-order valence-electron chi connectivity index (χ1n) is 8.51. The van der Waals surface area contributed by atoms with E-state index in [0.29, 0.717) is 35.9 Å². The summed E-state index contributed by atoms with van der Waals surface area (Å²) in [5, 5.41) is 2.74. The molecule has 0 bridgehead atoms. The van der Waals surface area contributed by atoms with Crippen LogP contribution in [0, 0.1) is 0 Å². The summed E-state index contributed by atoms with van der Waals surface area (Å²) in [4.78, 5) is 27.8. The van der Waals surface area contributed by atoms with Crippen molar-refractivity contribution in [2.24, 2.45) is 0 Å². The molecule has 27 heavy (non-hydrogen) atoms. The second kappa shape index (κ2) is 9.14. The topological polar surface area (TPSA) is 86.8 Å². The fourth-order valence-electron chi connectivity index (χ4n) is 2.10. The number of aromatic nitrogens is 1. The van der Waals surface area contributed by atoms with Gasteiger partial charge in [-0.05, 0) is 51.1 Å². The molecule has 0 aliphatic carbocycles. The number of carbonyl (C=O) groups excluding carboxylic acids is 2. The number of benzene rings is 1. The summed E-state index contributed by atoms with van der Waals surface area (Å²) in [5.74, 6) is -0.317. The number of amides is 1. The first-order chi connectivity index (χ1) is 12.8. The quantitative estimate of drug-likeness (QED) is 0.593. The van der Waals surface area contributed by atoms with Crippen LogP contribution in [-0.4, -0.2) is 42.8 Å². The highest BCUT2D eigenvalue weighted by Gasteiger charge is 2.11. The maximum absolute atomic E-state index is 12.3. The van der Waals surface area contributed by atoms with Gasteiger partial charge >= 0.3 is 5.97 Å². The predicted molar refractivity (Wildman–Crippen MR) is 101 cm³/mol. The molecule has 7 nitrogen and oxygen atoms in total. The lowest BCUT2D eigenvalue weighted by molar-refractivity contribution is -0.0168. The molecule has 1 amide bonds. The molecular weight excluding hydrogens is 348 g/mol. The highest BCUT2D eigenvalue weighted by molar-refractivity contribution is 6.04. The minimum absolute atomic E-state index is 0.214. The molecule has 0 radical (unpaired) electrons. The largest absolute Gasteiger partial charge is 0.475 e. The average molecular weight is 372 g/mol. The van der Waals surface area contributed by atoms with Gasteiger partial charge in [-0.3, -0.25) is 4.79 Å². The molecule has 1 aromatic carbocycles. The number of nitrogens with one attached hydrogen (secondary N) is 1. The van der Waals surface area contributed by atoms with Crippen molar-refractivity contribution in [3.05, 3.63) is 53.7 Å². The van der Waals surface area contributed by atoms with Crippen molar-refractivity contribution in [2.75, 3.05) is 25.6 Å². The third-order valence-electron chi connectivity index (χ3n) is 3.43. The number of hydrogen-bond acceptors (Lipinski definition) is 6. The fourth-order valence-corrected chi connectivity index (χ4v) is 2.10. The number of carbonyl (C=O) groups is 2. The average Bonchev–Trinajstić information content (AvgIpc) is 2.65. The Labute approximate surface area is 158 Å². The summed E-state index contributed by atoms with van der Waals surface area (Å²) in [5.41, 5.74) is 1.15. The van der Waals surface area contributed by atoms with Gasteiger partial charge in [-0.2, -0.15) is 0 Å². The van der Waals surface area contributed by atoms with E-state index in [1.54, 1.807) is 36.4 Å². The molecule has 0 spiro atoms. The van der Waals surface area contributed by atoms with Crippen molar-refractivity contribution in [1.82, 2.24) is 4.98 Å². The van der Waals surface area contributed by atoms with E-state index in [4.69, 9.17) is 9.47 Å². The van der Waals surface area contributed by atoms with Crippen LogP contribution >= 0.6 is 0 Å². The van der Waals surface area contributed by atoms with E-state index in [1.807, 2.05) is 20.8 Å². The van der Waals surface area contributed by atoms with Crippen LogP contribution in [-0.2, 0) is 9.47 Å². The number of nitrogens with zero attached hydrogens (tertiary/aromatic N) is 1. The number of anilines is 1. The van der Waals surface area contributed by atoms with Crippen molar-refractivity contribution < 1.29 is 23.8 Å². The van der Waals surface area contributed by atoms with E-state index in [2.05, 4.69) is 15.0 Å². The monoisotopic (exact) mass is 372 g/mol. The first kappa shape index (κ1) is 20.4. The minimum Gasteiger partial charge on any atom is -0.475 e. The van der Waals surface area contributed by atoms with Crippen molar-refractivity contribution in [1.29, 1.82) is 0 Å². The van der Waals surface area contributed by atoms with Crippen molar-refractivity contribution in [2.45, 2.75) is 26.4 Å². The Balaban J connectivity index is 1.87. The highest BCUT2D eigenvalue weighted by atomic mass is 16.5. The molecule has 0 saturated heterocycles. The smallest absolute Gasteiger partial charge is 0.337 e. The molecule has 0 saturated carbocycles. The number of ether oxygens (including phenoxy) is 3. The van der Waals surface area contributed by atoms with Gasteiger partial charge in [-0.1, -0.05) is 0 Å². The van der Waals surface area contributed by atoms with E-state index in [1.165, 1.54) is 13.3 Å². The minimum atomic E-state index is -0.430. The predicted octanol–water partition coefficient (Wildman–Crippen LogP) is 3.31. The Morgan fingerprint density at radius 2 is 1.67 bits per heavy atom. The van der Waals surface area contributed by atoms with E-state index >= 15 is 0 Å². The van der Waals surface area contributed by atoms with Crippen LogP contribution in [0.2, 0.25) is 0 Å². The summed E-state index contributed by atoms with van der Waals surface area (Å²) in [7, 11) is 1.32. The molecule has 2 rings (SSSR count). The maximum Gasteiger partial charge on any atom is 0.337 e. The van der Waals surface area contributed by atoms with Crippen LogP contribution in [0.5, 0.6) is 5.88 Å². The van der Waals surface area contributed by atoms with Crippen LogP contribution in [0.25, 0.3) is 0 Å². The lowest BCUT2D eigenvalue weighted by Crippen LogP contribution is -2.22. The molecule has 144 valence electrons. The number of methoxy groups -OCH3 is 1. The van der Waals surface area contributed by atoms with E-state index in [0.717, 1.165) is 0 Å². The van der Waals surface area contributed by atoms with Gasteiger partial charge in [0.25, 0.3) is 5.91 Å². The molecule has 1 aromatic heterocycles. The molecule has 0 aliphatic rings. The molecular formula is C20H24N2O5. The van der Waals surface area contributed by atoms with Crippen LogP contribution < -0.4 is 10.1 Å². The van der Waals surface area contributed by atoms with Gasteiger partial charge in [0.15, 0.2) is 0 Å². The van der Waals surface area contributed by atoms with Gasteiger partial charge < -0.3 is 19.5 Å². The molecule has 1 N–H and O–H groups in total. The van der Waals surface area contributed by atoms with E-state index in [9.17, 15) is 9.59 Å². The van der Waals surface area contributed by atoms with Gasteiger partial charge in [0.05, 0.1) is 30.4 Å². The molecule has 0 aliphatic heterocycles. The van der Waals surface area contributed by atoms with Crippen LogP contribution in [0.3, 0.4) is 0 Å². The summed E-state index contributed by atoms with van der Waals surface area (Å²) < 4.78 is 15.7. The third kappa shape index (κ3) is 6.71. The van der Waals surface area contributed by atoms with Crippen LogP contribution in [0.4, 0.5) is 5.69 Å². The van der Waals surface area contributed by atoms with Crippen LogP contribution in [0.15, 0.2) is 42.6 Å². The lowest BCUT2D eigenvalue weighted by atomic mass is 10.2. The van der Waals surface area contributed by atoms with Gasteiger partial charge in [0.2, 0.25) is 5.88 Å². The zero-order valence-corrected chi connectivity index (χ0v) is 15.9. The Hall–Kier alpha value is -2.93. The first-order valence-corrected chi connectivity index (χ1v) is 8.51. The molecule has 0 fully saturated rings. The summed E-state index contributed by atoms with van der Waals surface area (Å²) in [6.45, 7) is 6.75. The van der Waals surface area contributed by atoms with Gasteiger partial charge in [0.1, 0.15) is 6.61 Å². The summed E-state index contributed by atoms with van der Waals surface area (Å²) >= 11 is 0. The standard InChI is InChI=1S/C20H24N2O5/c1-20(2,3)27-12-11-26-17-10-7-15(13-21-17)18(23)22-16-8-5-14(6-9-16)19(24)25-4/h5-10,13H,11-12H2,1-4H3,(H,22,23). The molecule has 2 aromatic rings. The van der Waals surface area contributed by atoms with Gasteiger partial charge in [-0.25, -0.2) is 9.78 Å². The van der Waals surface area contributed by atoms with Gasteiger partial charge in [-0.15, -0.1) is 0 Å². The molecule has 0 atom stereocenters.